The topological polar surface area (TPSA) is 71.3 Å². The van der Waals surface area contributed by atoms with E-state index >= 15 is 0 Å². The number of hydrogen-bond acceptors (Lipinski definition) is 5. The van der Waals surface area contributed by atoms with Crippen LogP contribution in [0.2, 0.25) is 0 Å². The lowest BCUT2D eigenvalue weighted by molar-refractivity contribution is -0.385. The zero-order chi connectivity index (χ0) is 12.5. The maximum Gasteiger partial charge on any atom is 0.287 e. The maximum atomic E-state index is 10.5. The van der Waals surface area contributed by atoms with Crippen LogP contribution in [0.1, 0.15) is 19.3 Å². The highest BCUT2D eigenvalue weighted by Gasteiger charge is 2.34. The van der Waals surface area contributed by atoms with E-state index in [0.29, 0.717) is 6.04 Å². The van der Waals surface area contributed by atoms with Gasteiger partial charge in [0.2, 0.25) is 0 Å². The molecule has 1 atom stereocenters. The van der Waals surface area contributed by atoms with Gasteiger partial charge in [-0.05, 0) is 25.3 Å². The van der Waals surface area contributed by atoms with Crippen molar-refractivity contribution in [1.82, 2.24) is 9.88 Å². The quantitative estimate of drug-likeness (QED) is 0.648. The maximum absolute atomic E-state index is 10.5. The molecule has 0 amide bonds. The molecule has 0 aromatic carbocycles. The van der Waals surface area contributed by atoms with Gasteiger partial charge in [0.1, 0.15) is 12.0 Å². The molecule has 1 aliphatic carbocycles. The van der Waals surface area contributed by atoms with Crippen molar-refractivity contribution in [1.29, 1.82) is 0 Å². The molecule has 0 radical (unpaired) electrons. The molecular formula is C12H16N4O2. The standard InChI is InChI=1S/C12H16N4O2/c17-16(18)11-3-4-12(13-7-11)14-9-5-6-15(8-9)10-1-2-10/h3-4,7,9-10H,1-2,5-6,8H2,(H,13,14). The van der Waals surface area contributed by atoms with Crippen LogP contribution in [0.5, 0.6) is 0 Å². The molecule has 96 valence electrons. The summed E-state index contributed by atoms with van der Waals surface area (Å²) < 4.78 is 0. The van der Waals surface area contributed by atoms with Crippen molar-refractivity contribution in [3.8, 4) is 0 Å². The van der Waals surface area contributed by atoms with Gasteiger partial charge in [-0.25, -0.2) is 4.98 Å². The fourth-order valence-corrected chi connectivity index (χ4v) is 2.47. The molecule has 1 unspecified atom stereocenters. The molecule has 1 N–H and O–H groups in total. The van der Waals surface area contributed by atoms with Crippen molar-refractivity contribution < 1.29 is 4.92 Å². The zero-order valence-corrected chi connectivity index (χ0v) is 10.1. The summed E-state index contributed by atoms with van der Waals surface area (Å²) in [5.74, 6) is 0.725. The lowest BCUT2D eigenvalue weighted by Gasteiger charge is -2.15. The molecule has 1 aromatic rings. The third kappa shape index (κ3) is 2.43. The van der Waals surface area contributed by atoms with E-state index in [1.54, 1.807) is 6.07 Å². The van der Waals surface area contributed by atoms with E-state index in [9.17, 15) is 10.1 Å². The number of nitrogens with one attached hydrogen (secondary N) is 1. The third-order valence-electron chi connectivity index (χ3n) is 3.59. The van der Waals surface area contributed by atoms with Crippen LogP contribution in [0.25, 0.3) is 0 Å². The molecule has 1 saturated heterocycles. The number of rotatable bonds is 4. The van der Waals surface area contributed by atoms with Gasteiger partial charge in [-0.2, -0.15) is 0 Å². The Bertz CT molecular complexity index is 444. The van der Waals surface area contributed by atoms with Gasteiger partial charge >= 0.3 is 0 Å². The van der Waals surface area contributed by atoms with Crippen LogP contribution >= 0.6 is 0 Å². The summed E-state index contributed by atoms with van der Waals surface area (Å²) >= 11 is 0. The Kier molecular flexibility index (Phi) is 2.87. The summed E-state index contributed by atoms with van der Waals surface area (Å²) in [6.45, 7) is 2.21. The van der Waals surface area contributed by atoms with Gasteiger partial charge in [-0.3, -0.25) is 15.0 Å². The summed E-state index contributed by atoms with van der Waals surface area (Å²) in [5.41, 5.74) is 0.0339. The Balaban J connectivity index is 1.57. The number of nitrogens with zero attached hydrogens (tertiary/aromatic N) is 3. The van der Waals surface area contributed by atoms with Gasteiger partial charge in [0.15, 0.2) is 0 Å². The van der Waals surface area contributed by atoms with E-state index in [4.69, 9.17) is 0 Å². The molecule has 2 heterocycles. The average Bonchev–Trinajstić information content (AvgIpc) is 3.11. The Hall–Kier alpha value is -1.69. The Morgan fingerprint density at radius 2 is 2.22 bits per heavy atom. The molecule has 0 spiro atoms. The first-order chi connectivity index (χ1) is 8.72. The molecule has 2 fully saturated rings. The van der Waals surface area contributed by atoms with Crippen LogP contribution in [0.4, 0.5) is 11.5 Å². The van der Waals surface area contributed by atoms with Gasteiger partial charge in [0.05, 0.1) is 4.92 Å². The fourth-order valence-electron chi connectivity index (χ4n) is 2.47. The highest BCUT2D eigenvalue weighted by molar-refractivity contribution is 5.41. The first kappa shape index (κ1) is 11.4. The van der Waals surface area contributed by atoms with Gasteiger partial charge < -0.3 is 5.32 Å². The van der Waals surface area contributed by atoms with Crippen LogP contribution in [-0.2, 0) is 0 Å². The highest BCUT2D eigenvalue weighted by Crippen LogP contribution is 2.30. The van der Waals surface area contributed by atoms with E-state index in [2.05, 4.69) is 15.2 Å². The van der Waals surface area contributed by atoms with Crippen molar-refractivity contribution in [2.45, 2.75) is 31.3 Å². The number of anilines is 1. The summed E-state index contributed by atoms with van der Waals surface area (Å²) in [5, 5.41) is 13.9. The van der Waals surface area contributed by atoms with E-state index in [1.165, 1.54) is 25.1 Å². The second-order valence-electron chi connectivity index (χ2n) is 5.01. The van der Waals surface area contributed by atoms with Gasteiger partial charge in [-0.15, -0.1) is 0 Å². The molecule has 0 bridgehead atoms. The molecular weight excluding hydrogens is 232 g/mol. The summed E-state index contributed by atoms with van der Waals surface area (Å²) in [7, 11) is 0. The molecule has 6 nitrogen and oxygen atoms in total. The van der Waals surface area contributed by atoms with E-state index in [1.807, 2.05) is 0 Å². The minimum Gasteiger partial charge on any atom is -0.366 e. The van der Waals surface area contributed by atoms with Gasteiger partial charge in [0, 0.05) is 31.2 Å². The number of nitro groups is 1. The zero-order valence-electron chi connectivity index (χ0n) is 10.1. The molecule has 18 heavy (non-hydrogen) atoms. The van der Waals surface area contributed by atoms with Crippen LogP contribution in [-0.4, -0.2) is 40.0 Å². The number of aromatic nitrogens is 1. The summed E-state index contributed by atoms with van der Waals surface area (Å²) in [4.78, 5) is 16.7. The predicted molar refractivity (Wildman–Crippen MR) is 67.5 cm³/mol. The predicted octanol–water partition coefficient (Wildman–Crippen LogP) is 1.64. The Labute approximate surface area is 105 Å². The minimum absolute atomic E-state index is 0.0339. The second-order valence-corrected chi connectivity index (χ2v) is 5.01. The van der Waals surface area contributed by atoms with E-state index in [0.717, 1.165) is 31.4 Å². The van der Waals surface area contributed by atoms with Crippen LogP contribution < -0.4 is 5.32 Å². The van der Waals surface area contributed by atoms with Crippen molar-refractivity contribution in [3.05, 3.63) is 28.4 Å². The third-order valence-corrected chi connectivity index (χ3v) is 3.59. The molecule has 6 heteroatoms. The van der Waals surface area contributed by atoms with Gasteiger partial charge in [-0.1, -0.05) is 0 Å². The first-order valence-corrected chi connectivity index (χ1v) is 6.33. The number of hydrogen-bond donors (Lipinski definition) is 1. The molecule has 1 saturated carbocycles. The van der Waals surface area contributed by atoms with Crippen LogP contribution in [0.15, 0.2) is 18.3 Å². The molecule has 1 aliphatic heterocycles. The smallest absolute Gasteiger partial charge is 0.287 e. The largest absolute Gasteiger partial charge is 0.366 e. The summed E-state index contributed by atoms with van der Waals surface area (Å²) in [6.07, 6.45) is 5.09. The monoisotopic (exact) mass is 248 g/mol. The molecule has 1 aromatic heterocycles. The van der Waals surface area contributed by atoms with Gasteiger partial charge in [0.25, 0.3) is 5.69 Å². The second kappa shape index (κ2) is 4.53. The van der Waals surface area contributed by atoms with Crippen molar-refractivity contribution in [3.63, 3.8) is 0 Å². The Morgan fingerprint density at radius 3 is 2.83 bits per heavy atom. The van der Waals surface area contributed by atoms with Crippen molar-refractivity contribution in [2.75, 3.05) is 18.4 Å². The fraction of sp³-hybridized carbons (Fsp3) is 0.583. The highest BCUT2D eigenvalue weighted by atomic mass is 16.6. The van der Waals surface area contributed by atoms with Crippen molar-refractivity contribution in [2.24, 2.45) is 0 Å². The lowest BCUT2D eigenvalue weighted by Crippen LogP contribution is -2.27. The number of pyridine rings is 1. The number of likely N-dealkylation sites (tertiary alicyclic amines) is 1. The van der Waals surface area contributed by atoms with E-state index in [-0.39, 0.29) is 5.69 Å². The summed E-state index contributed by atoms with van der Waals surface area (Å²) in [6, 6.07) is 4.39. The lowest BCUT2D eigenvalue weighted by atomic mass is 10.2. The first-order valence-electron chi connectivity index (χ1n) is 6.33. The van der Waals surface area contributed by atoms with E-state index < -0.39 is 4.92 Å². The van der Waals surface area contributed by atoms with Crippen LogP contribution in [0.3, 0.4) is 0 Å². The molecule has 3 rings (SSSR count). The normalized spacial score (nSPS) is 24.1. The Morgan fingerprint density at radius 1 is 1.39 bits per heavy atom. The molecule has 2 aliphatic rings. The van der Waals surface area contributed by atoms with Crippen molar-refractivity contribution >= 4 is 11.5 Å². The SMILES string of the molecule is O=[N+]([O-])c1ccc(NC2CCN(C3CC3)C2)nc1. The average molecular weight is 248 g/mol. The van der Waals surface area contributed by atoms with Crippen LogP contribution in [0, 0.1) is 10.1 Å². The minimum atomic E-state index is -0.429.